The van der Waals surface area contributed by atoms with E-state index in [1.807, 2.05) is 0 Å². The first-order chi connectivity index (χ1) is 17.4. The van der Waals surface area contributed by atoms with Crippen molar-refractivity contribution in [2.45, 2.75) is 19.5 Å². The van der Waals surface area contributed by atoms with Crippen molar-refractivity contribution in [2.75, 3.05) is 12.4 Å². The molecule has 0 saturated carbocycles. The number of aromatic nitrogens is 5. The topological polar surface area (TPSA) is 133 Å². The molecule has 0 aliphatic rings. The fourth-order valence-corrected chi connectivity index (χ4v) is 3.37. The molecule has 1 amide bonds. The largest absolute Gasteiger partial charge is 0.424 e. The summed E-state index contributed by atoms with van der Waals surface area (Å²) in [6.45, 7) is 0.0248. The Morgan fingerprint density at radius 2 is 1.69 bits per heavy atom. The molecule has 0 saturated heterocycles. The third-order valence-corrected chi connectivity index (χ3v) is 5.36. The molecule has 36 heavy (non-hydrogen) atoms. The summed E-state index contributed by atoms with van der Waals surface area (Å²) in [5.41, 5.74) is -0.0254. The molecule has 184 valence electrons. The predicted octanol–water partition coefficient (Wildman–Crippen LogP) is 2.57. The summed E-state index contributed by atoms with van der Waals surface area (Å²) in [6.07, 6.45) is 3.11. The molecule has 0 atom stereocenters. The number of benzene rings is 2. The van der Waals surface area contributed by atoms with Crippen molar-refractivity contribution in [3.8, 4) is 11.8 Å². The van der Waals surface area contributed by atoms with Crippen LogP contribution in [-0.2, 0) is 17.9 Å². The number of hydrogen-bond acceptors (Lipinski definition) is 8. The monoisotopic (exact) mass is 507 g/mol. The van der Waals surface area contributed by atoms with Crippen molar-refractivity contribution in [3.05, 3.63) is 98.5 Å². The number of nitrogens with one attached hydrogen (secondary N) is 2. The van der Waals surface area contributed by atoms with Crippen LogP contribution in [0.15, 0.2) is 76.6 Å². The molecule has 2 aromatic heterocycles. The van der Waals surface area contributed by atoms with Crippen molar-refractivity contribution < 1.29 is 9.53 Å². The maximum absolute atomic E-state index is 13.3. The summed E-state index contributed by atoms with van der Waals surface area (Å²) in [7, 11) is 1.48. The number of carbonyl (C=O) groups excluding carboxylic acids is 1. The normalized spacial score (nSPS) is 10.6. The van der Waals surface area contributed by atoms with Crippen LogP contribution in [0.2, 0.25) is 5.02 Å². The van der Waals surface area contributed by atoms with Gasteiger partial charge in [-0.2, -0.15) is 4.98 Å². The molecular weight excluding hydrogens is 486 g/mol. The maximum Gasteiger partial charge on any atom is 0.354 e. The molecular formula is C24H22ClN7O4. The van der Waals surface area contributed by atoms with Crippen LogP contribution in [0.4, 0.5) is 11.6 Å². The van der Waals surface area contributed by atoms with E-state index >= 15 is 0 Å². The highest BCUT2D eigenvalue weighted by molar-refractivity contribution is 6.30. The molecule has 0 unspecified atom stereocenters. The van der Waals surface area contributed by atoms with Crippen molar-refractivity contribution in [2.24, 2.45) is 0 Å². The lowest BCUT2D eigenvalue weighted by Crippen LogP contribution is -2.43. The second-order valence-electron chi connectivity index (χ2n) is 7.57. The Bertz CT molecular complexity index is 1450. The van der Waals surface area contributed by atoms with Crippen LogP contribution in [0.3, 0.4) is 0 Å². The fourth-order valence-electron chi connectivity index (χ4n) is 3.25. The minimum Gasteiger partial charge on any atom is -0.424 e. The summed E-state index contributed by atoms with van der Waals surface area (Å²) in [6, 6.07) is 15.6. The average molecular weight is 508 g/mol. The Morgan fingerprint density at radius 1 is 1.00 bits per heavy atom. The van der Waals surface area contributed by atoms with Gasteiger partial charge in [-0.05, 0) is 48.0 Å². The van der Waals surface area contributed by atoms with Gasteiger partial charge in [0.25, 0.3) is 0 Å². The van der Waals surface area contributed by atoms with E-state index in [1.54, 1.807) is 67.0 Å². The number of amides is 1. The van der Waals surface area contributed by atoms with Gasteiger partial charge < -0.3 is 15.4 Å². The molecule has 0 spiro atoms. The molecule has 2 heterocycles. The van der Waals surface area contributed by atoms with E-state index in [1.165, 1.54) is 11.6 Å². The third-order valence-electron chi connectivity index (χ3n) is 5.11. The van der Waals surface area contributed by atoms with Crippen molar-refractivity contribution in [1.29, 1.82) is 0 Å². The van der Waals surface area contributed by atoms with Gasteiger partial charge in [-0.25, -0.2) is 24.1 Å². The predicted molar refractivity (Wildman–Crippen MR) is 134 cm³/mol. The van der Waals surface area contributed by atoms with Gasteiger partial charge >= 0.3 is 17.4 Å². The van der Waals surface area contributed by atoms with E-state index in [0.29, 0.717) is 16.5 Å². The molecule has 4 aromatic rings. The van der Waals surface area contributed by atoms with Crippen LogP contribution < -0.4 is 26.7 Å². The fraction of sp³-hybridized carbons (Fsp3) is 0.167. The highest BCUT2D eigenvalue weighted by Crippen LogP contribution is 2.22. The molecule has 0 bridgehead atoms. The highest BCUT2D eigenvalue weighted by atomic mass is 35.5. The van der Waals surface area contributed by atoms with Crippen LogP contribution in [0.5, 0.6) is 11.8 Å². The first kappa shape index (κ1) is 24.6. The third kappa shape index (κ3) is 6.13. The van der Waals surface area contributed by atoms with Crippen LogP contribution in [0, 0.1) is 0 Å². The summed E-state index contributed by atoms with van der Waals surface area (Å²) in [5, 5.41) is 6.05. The zero-order chi connectivity index (χ0) is 25.5. The van der Waals surface area contributed by atoms with Gasteiger partial charge in [0.05, 0.1) is 6.54 Å². The Labute approximate surface area is 210 Å². The molecule has 0 aliphatic carbocycles. The second kappa shape index (κ2) is 11.3. The van der Waals surface area contributed by atoms with E-state index in [-0.39, 0.29) is 37.4 Å². The molecule has 12 heteroatoms. The van der Waals surface area contributed by atoms with Gasteiger partial charge in [-0.15, -0.1) is 0 Å². The first-order valence-corrected chi connectivity index (χ1v) is 11.3. The number of carbonyl (C=O) groups is 1. The average Bonchev–Trinajstić information content (AvgIpc) is 2.89. The zero-order valence-corrected chi connectivity index (χ0v) is 20.0. The van der Waals surface area contributed by atoms with E-state index in [9.17, 15) is 14.4 Å². The molecule has 11 nitrogen and oxygen atoms in total. The van der Waals surface area contributed by atoms with Crippen molar-refractivity contribution in [3.63, 3.8) is 0 Å². The number of ether oxygens (including phenoxy) is 1. The van der Waals surface area contributed by atoms with E-state index < -0.39 is 11.4 Å². The van der Waals surface area contributed by atoms with Crippen LogP contribution >= 0.6 is 11.6 Å². The van der Waals surface area contributed by atoms with Gasteiger partial charge in [0, 0.05) is 43.1 Å². The van der Waals surface area contributed by atoms with Crippen LogP contribution in [0.1, 0.15) is 12.0 Å². The quantitative estimate of drug-likeness (QED) is 0.353. The van der Waals surface area contributed by atoms with Gasteiger partial charge in [-0.3, -0.25) is 9.36 Å². The van der Waals surface area contributed by atoms with Gasteiger partial charge in [0.15, 0.2) is 0 Å². The molecule has 4 rings (SSSR count). The number of rotatable bonds is 9. The van der Waals surface area contributed by atoms with Gasteiger partial charge in [-0.1, -0.05) is 23.7 Å². The number of anilines is 2. The Kier molecular flexibility index (Phi) is 7.71. The summed E-state index contributed by atoms with van der Waals surface area (Å²) < 4.78 is 7.86. The van der Waals surface area contributed by atoms with Crippen molar-refractivity contribution >= 4 is 29.1 Å². The second-order valence-corrected chi connectivity index (χ2v) is 8.01. The standard InChI is InChI=1S/C24H22ClN7O4/c1-26-20(33)11-14-31-23(34)30-21(32(24(31)35)15-16-3-5-17(25)6-4-16)29-18-7-9-19(10-8-18)36-22-27-12-2-13-28-22/h2-10,12-13H,11,14-15H2,1H3,(H,26,33)(H,29,30,34). The van der Waals surface area contributed by atoms with Crippen LogP contribution in [-0.4, -0.2) is 37.0 Å². The number of halogens is 1. The van der Waals surface area contributed by atoms with Gasteiger partial charge in [0.2, 0.25) is 11.9 Å². The van der Waals surface area contributed by atoms with Crippen LogP contribution in [0.25, 0.3) is 0 Å². The molecule has 0 radical (unpaired) electrons. The number of nitrogens with zero attached hydrogens (tertiary/aromatic N) is 5. The Morgan fingerprint density at radius 3 is 2.36 bits per heavy atom. The lowest BCUT2D eigenvalue weighted by atomic mass is 10.2. The number of hydrogen-bond donors (Lipinski definition) is 2. The highest BCUT2D eigenvalue weighted by Gasteiger charge is 2.15. The lowest BCUT2D eigenvalue weighted by Gasteiger charge is -2.16. The minimum absolute atomic E-state index is 0.0341. The summed E-state index contributed by atoms with van der Waals surface area (Å²) in [4.78, 5) is 49.7. The lowest BCUT2D eigenvalue weighted by molar-refractivity contribution is -0.120. The first-order valence-electron chi connectivity index (χ1n) is 10.9. The van der Waals surface area contributed by atoms with E-state index in [4.69, 9.17) is 16.3 Å². The molecule has 0 fully saturated rings. The van der Waals surface area contributed by atoms with Crippen molar-refractivity contribution in [1.82, 2.24) is 29.4 Å². The summed E-state index contributed by atoms with van der Waals surface area (Å²) >= 11 is 5.98. The van der Waals surface area contributed by atoms with E-state index in [0.717, 1.165) is 10.1 Å². The Balaban J connectivity index is 1.64. The smallest absolute Gasteiger partial charge is 0.354 e. The van der Waals surface area contributed by atoms with E-state index in [2.05, 4.69) is 25.6 Å². The Hall–Kier alpha value is -4.51. The molecule has 0 aliphatic heterocycles. The maximum atomic E-state index is 13.3. The SMILES string of the molecule is CNC(=O)CCn1c(=O)nc(Nc2ccc(Oc3ncccn3)cc2)n(Cc2ccc(Cl)cc2)c1=O. The minimum atomic E-state index is -0.764. The molecule has 2 N–H and O–H groups in total. The molecule has 2 aromatic carbocycles. The zero-order valence-electron chi connectivity index (χ0n) is 19.2. The van der Waals surface area contributed by atoms with Gasteiger partial charge in [0.1, 0.15) is 5.75 Å². The summed E-state index contributed by atoms with van der Waals surface area (Å²) in [5.74, 6) is 0.259.